The van der Waals surface area contributed by atoms with Gasteiger partial charge in [-0.05, 0) is 48.5 Å². The molecule has 9 nitrogen and oxygen atoms in total. The molecule has 1 aliphatic rings. The molecule has 39 heavy (non-hydrogen) atoms. The van der Waals surface area contributed by atoms with Gasteiger partial charge in [-0.3, -0.25) is 14.4 Å². The zero-order valence-corrected chi connectivity index (χ0v) is 20.4. The number of nitrogens with one attached hydrogen (secondary N) is 1. The van der Waals surface area contributed by atoms with Crippen LogP contribution in [-0.4, -0.2) is 65.2 Å². The van der Waals surface area contributed by atoms with E-state index in [0.717, 1.165) is 12.1 Å². The maximum Gasteiger partial charge on any atom is 0.417 e. The third kappa shape index (κ3) is 6.70. The molecular weight excluding hydrogens is 515 g/mol. The number of halogens is 3. The van der Waals surface area contributed by atoms with E-state index in [2.05, 4.69) is 15.1 Å². The Balaban J connectivity index is 1.25. The number of alkyl halides is 3. The van der Waals surface area contributed by atoms with Crippen molar-refractivity contribution in [2.45, 2.75) is 6.18 Å². The molecule has 0 unspecified atom stereocenters. The molecule has 1 fully saturated rings. The highest BCUT2D eigenvalue weighted by Crippen LogP contribution is 2.32. The van der Waals surface area contributed by atoms with Gasteiger partial charge < -0.3 is 19.9 Å². The predicted octanol–water partition coefficient (Wildman–Crippen LogP) is 4.16. The molecule has 0 radical (unpaired) electrons. The minimum Gasteiger partial charge on any atom is -0.439 e. The van der Waals surface area contributed by atoms with Crippen molar-refractivity contribution in [3.8, 4) is 11.6 Å². The summed E-state index contributed by atoms with van der Waals surface area (Å²) in [5, 5.41) is 2.54. The van der Waals surface area contributed by atoms with E-state index in [1.54, 1.807) is 24.3 Å². The van der Waals surface area contributed by atoms with E-state index < -0.39 is 29.1 Å². The molecule has 0 atom stereocenters. The molecule has 2 aromatic carbocycles. The van der Waals surface area contributed by atoms with E-state index in [1.807, 2.05) is 0 Å². The molecule has 1 aliphatic heterocycles. The molecule has 0 saturated carbocycles. The van der Waals surface area contributed by atoms with Crippen LogP contribution >= 0.6 is 0 Å². The summed E-state index contributed by atoms with van der Waals surface area (Å²) in [6, 6.07) is 13.9. The lowest BCUT2D eigenvalue weighted by atomic mass is 10.1. The molecule has 200 valence electrons. The molecule has 3 amide bonds. The number of rotatable bonds is 6. The molecular formula is C27H22F3N5O4. The van der Waals surface area contributed by atoms with Gasteiger partial charge in [0.25, 0.3) is 11.8 Å². The maximum absolute atomic E-state index is 13.3. The van der Waals surface area contributed by atoms with Gasteiger partial charge in [-0.15, -0.1) is 0 Å². The topological polar surface area (TPSA) is 96.2 Å². The van der Waals surface area contributed by atoms with Gasteiger partial charge in [-0.1, -0.05) is 12.1 Å². The number of pyridine rings is 1. The fourth-order valence-corrected chi connectivity index (χ4v) is 3.91. The number of amides is 3. The van der Waals surface area contributed by atoms with Crippen molar-refractivity contribution in [3.05, 3.63) is 95.0 Å². The average molecular weight is 537 g/mol. The van der Waals surface area contributed by atoms with Crippen LogP contribution in [0.5, 0.6) is 11.6 Å². The Kier molecular flexibility index (Phi) is 8.10. The molecule has 2 heterocycles. The van der Waals surface area contributed by atoms with Crippen LogP contribution in [0.3, 0.4) is 0 Å². The van der Waals surface area contributed by atoms with Crippen LogP contribution in [0.2, 0.25) is 0 Å². The smallest absolute Gasteiger partial charge is 0.417 e. The lowest BCUT2D eigenvalue weighted by Gasteiger charge is -2.35. The summed E-state index contributed by atoms with van der Waals surface area (Å²) in [5.41, 5.74) is -0.748. The highest BCUT2D eigenvalue weighted by atomic mass is 19.4. The van der Waals surface area contributed by atoms with E-state index in [-0.39, 0.29) is 44.5 Å². The Labute approximate surface area is 221 Å². The van der Waals surface area contributed by atoms with Gasteiger partial charge in [0.1, 0.15) is 5.75 Å². The molecule has 1 aromatic heterocycles. The molecule has 4 rings (SSSR count). The van der Waals surface area contributed by atoms with Crippen LogP contribution < -0.4 is 10.1 Å². The van der Waals surface area contributed by atoms with Gasteiger partial charge >= 0.3 is 6.18 Å². The lowest BCUT2D eigenvalue weighted by Crippen LogP contribution is -2.52. The Hall–Kier alpha value is -4.92. The average Bonchev–Trinajstić information content (AvgIpc) is 2.95. The van der Waals surface area contributed by atoms with Crippen molar-refractivity contribution < 1.29 is 32.3 Å². The SMILES string of the molecule is [C-]#[N+]c1ccc(Oc2ccc(C(=O)NCC(=O)N3CCN(C(=O)c4ccccc4C(F)(F)F)CC3)cc2)nc1. The van der Waals surface area contributed by atoms with Crippen molar-refractivity contribution in [2.24, 2.45) is 0 Å². The number of ether oxygens (including phenoxy) is 1. The Morgan fingerprint density at radius 3 is 2.23 bits per heavy atom. The molecule has 12 heteroatoms. The molecule has 0 aliphatic carbocycles. The molecule has 0 spiro atoms. The monoisotopic (exact) mass is 537 g/mol. The summed E-state index contributed by atoms with van der Waals surface area (Å²) in [5.74, 6) is -0.883. The quantitative estimate of drug-likeness (QED) is 0.477. The number of nitrogens with zero attached hydrogens (tertiary/aromatic N) is 4. The van der Waals surface area contributed by atoms with E-state index in [0.29, 0.717) is 17.0 Å². The Bertz CT molecular complexity index is 1390. The van der Waals surface area contributed by atoms with E-state index >= 15 is 0 Å². The largest absolute Gasteiger partial charge is 0.439 e. The van der Waals surface area contributed by atoms with Gasteiger partial charge in [-0.2, -0.15) is 13.2 Å². The van der Waals surface area contributed by atoms with Crippen LogP contribution in [-0.2, 0) is 11.0 Å². The normalized spacial score (nSPS) is 13.4. The van der Waals surface area contributed by atoms with Crippen molar-refractivity contribution in [1.29, 1.82) is 0 Å². The zero-order chi connectivity index (χ0) is 28.0. The molecule has 1 saturated heterocycles. The number of aromatic nitrogens is 1. The summed E-state index contributed by atoms with van der Waals surface area (Å²) in [4.78, 5) is 47.8. The third-order valence-electron chi connectivity index (χ3n) is 5.97. The number of benzene rings is 2. The van der Waals surface area contributed by atoms with Gasteiger partial charge in [-0.25, -0.2) is 9.83 Å². The Morgan fingerprint density at radius 1 is 0.949 bits per heavy atom. The fraction of sp³-hybridized carbons (Fsp3) is 0.222. The number of piperazine rings is 1. The van der Waals surface area contributed by atoms with Crippen molar-refractivity contribution >= 4 is 23.4 Å². The number of carbonyl (C=O) groups is 3. The standard InChI is InChI=1S/C27H22F3N5O4/c1-31-19-8-11-23(32-16-19)39-20-9-6-18(7-10-20)25(37)33-17-24(36)34-12-14-35(15-13-34)26(38)21-4-2-3-5-22(21)27(28,29)30/h2-11,16H,12-15,17H2,(H,33,37). The first kappa shape index (κ1) is 27.1. The van der Waals surface area contributed by atoms with Crippen molar-refractivity contribution in [1.82, 2.24) is 20.1 Å². The van der Waals surface area contributed by atoms with Crippen LogP contribution in [0.4, 0.5) is 18.9 Å². The van der Waals surface area contributed by atoms with Gasteiger partial charge in [0, 0.05) is 37.9 Å². The number of hydrogen-bond acceptors (Lipinski definition) is 5. The molecule has 1 N–H and O–H groups in total. The summed E-state index contributed by atoms with van der Waals surface area (Å²) >= 11 is 0. The third-order valence-corrected chi connectivity index (χ3v) is 5.97. The highest BCUT2D eigenvalue weighted by Gasteiger charge is 2.36. The summed E-state index contributed by atoms with van der Waals surface area (Å²) in [6.45, 7) is 7.06. The van der Waals surface area contributed by atoms with E-state index in [9.17, 15) is 27.6 Å². The van der Waals surface area contributed by atoms with Crippen molar-refractivity contribution in [2.75, 3.05) is 32.7 Å². The lowest BCUT2D eigenvalue weighted by molar-refractivity contribution is -0.138. The number of carbonyl (C=O) groups excluding carboxylic acids is 3. The highest BCUT2D eigenvalue weighted by molar-refractivity contribution is 5.97. The minimum absolute atomic E-state index is 0.0711. The summed E-state index contributed by atoms with van der Waals surface area (Å²) < 4.78 is 45.4. The van der Waals surface area contributed by atoms with Crippen LogP contribution in [0.15, 0.2) is 66.9 Å². The van der Waals surface area contributed by atoms with Gasteiger partial charge in [0.05, 0.1) is 24.2 Å². The maximum atomic E-state index is 13.3. The fourth-order valence-electron chi connectivity index (χ4n) is 3.91. The van der Waals surface area contributed by atoms with E-state index in [1.165, 1.54) is 40.3 Å². The first-order valence-electron chi connectivity index (χ1n) is 11.8. The molecule has 0 bridgehead atoms. The van der Waals surface area contributed by atoms with Crippen molar-refractivity contribution in [3.63, 3.8) is 0 Å². The minimum atomic E-state index is -4.65. The van der Waals surface area contributed by atoms with Crippen LogP contribution in [0, 0.1) is 6.57 Å². The first-order valence-corrected chi connectivity index (χ1v) is 11.8. The predicted molar refractivity (Wildman–Crippen MR) is 133 cm³/mol. The first-order chi connectivity index (χ1) is 18.7. The molecule has 3 aromatic rings. The second kappa shape index (κ2) is 11.6. The second-order valence-electron chi connectivity index (χ2n) is 8.49. The summed E-state index contributed by atoms with van der Waals surface area (Å²) in [6.07, 6.45) is -3.27. The number of hydrogen-bond donors (Lipinski definition) is 1. The van der Waals surface area contributed by atoms with Crippen LogP contribution in [0.25, 0.3) is 4.85 Å². The zero-order valence-electron chi connectivity index (χ0n) is 20.4. The van der Waals surface area contributed by atoms with Gasteiger partial charge in [0.2, 0.25) is 17.5 Å². The van der Waals surface area contributed by atoms with Crippen LogP contribution in [0.1, 0.15) is 26.3 Å². The van der Waals surface area contributed by atoms with Gasteiger partial charge in [0.15, 0.2) is 0 Å². The Morgan fingerprint density at radius 2 is 1.62 bits per heavy atom. The second-order valence-corrected chi connectivity index (χ2v) is 8.49. The summed E-state index contributed by atoms with van der Waals surface area (Å²) in [7, 11) is 0. The van der Waals surface area contributed by atoms with E-state index in [4.69, 9.17) is 11.3 Å².